The van der Waals surface area contributed by atoms with Crippen LogP contribution in [0.15, 0.2) is 126 Å². The second-order valence-corrected chi connectivity index (χ2v) is 28.7. The van der Waals surface area contributed by atoms with Gasteiger partial charge in [0.25, 0.3) is 0 Å². The summed E-state index contributed by atoms with van der Waals surface area (Å²) in [4.78, 5) is 2.76. The zero-order valence-electron chi connectivity index (χ0n) is 44.6. The lowest BCUT2D eigenvalue weighted by Crippen LogP contribution is -2.60. The van der Waals surface area contributed by atoms with Crippen molar-refractivity contribution in [2.45, 2.75) is 129 Å². The summed E-state index contributed by atoms with van der Waals surface area (Å²) >= 11 is 3.90. The third kappa shape index (κ3) is 5.59. The summed E-state index contributed by atoms with van der Waals surface area (Å²) in [6.07, 6.45) is 4.71. The van der Waals surface area contributed by atoms with Gasteiger partial charge in [0, 0.05) is 79.1 Å². The first-order valence-corrected chi connectivity index (χ1v) is 28.8. The van der Waals surface area contributed by atoms with Crippen LogP contribution in [0.1, 0.15) is 130 Å². The van der Waals surface area contributed by atoms with E-state index in [0.29, 0.717) is 0 Å². The normalized spacial score (nSPS) is 18.1. The highest BCUT2D eigenvalue weighted by molar-refractivity contribution is 7.26. The van der Waals surface area contributed by atoms with Crippen LogP contribution >= 0.6 is 22.7 Å². The van der Waals surface area contributed by atoms with Crippen molar-refractivity contribution in [2.75, 3.05) is 4.81 Å². The molecule has 0 fully saturated rings. The van der Waals surface area contributed by atoms with E-state index in [4.69, 9.17) is 4.42 Å². The largest absolute Gasteiger partial charge is 0.455 e. The minimum absolute atomic E-state index is 0.0167. The van der Waals surface area contributed by atoms with Crippen LogP contribution in [-0.2, 0) is 27.1 Å². The summed E-state index contributed by atoms with van der Waals surface area (Å²) in [6.45, 7) is 26.6. The number of hydrogen-bond acceptors (Lipinski definition) is 4. The lowest BCUT2D eigenvalue weighted by molar-refractivity contribution is 0.332. The van der Waals surface area contributed by atoms with Crippen molar-refractivity contribution in [3.63, 3.8) is 0 Å². The monoisotopic (exact) mass is 996 g/mol. The van der Waals surface area contributed by atoms with Crippen molar-refractivity contribution in [2.24, 2.45) is 0 Å². The smallest absolute Gasteiger partial charge is 0.333 e. The summed E-state index contributed by atoms with van der Waals surface area (Å²) < 4.78 is 15.5. The average Bonchev–Trinajstić information content (AvgIpc) is 4.13. The number of rotatable bonds is 1. The fourth-order valence-electron chi connectivity index (χ4n) is 14.8. The molecule has 2 aliphatic heterocycles. The molecule has 0 atom stereocenters. The molecule has 0 unspecified atom stereocenters. The fraction of sp³-hybridized carbons (Fsp3) is 0.294. The number of benzene rings is 8. The van der Waals surface area contributed by atoms with Crippen LogP contribution in [0, 0.1) is 0 Å². The van der Waals surface area contributed by atoms with Crippen LogP contribution in [0.5, 0.6) is 0 Å². The standard InChI is InChI=1S/C68H61BN2OS2/c1-64(2,3)36-20-22-37(23-21-36)71-51-34-56-40(41-29-45-48(33-55(41)74-56)68(10,11)27-25-65(45,4)5)28-43(51)58-59-39-17-12-14-18-53(39)72-63(59)60-44-30-46-47(67(8,9)26-24-66(46,6)7)32-50(44)70-52-35-57-42(38-16-13-15-19-54(38)73-57)31-49(52)69(71)61(58)62(60)70/h12-23,28-35H,24-27H2,1-11H3. The molecule has 0 radical (unpaired) electrons. The molecular weight excluding hydrogens is 936 g/mol. The summed E-state index contributed by atoms with van der Waals surface area (Å²) in [5, 5.41) is 10.3. The third-order valence-electron chi connectivity index (χ3n) is 19.2. The number of anilines is 2. The molecule has 16 rings (SSSR count). The van der Waals surface area contributed by atoms with Crippen LogP contribution in [0.2, 0.25) is 0 Å². The molecule has 2 aliphatic carbocycles. The second kappa shape index (κ2) is 13.9. The zero-order valence-corrected chi connectivity index (χ0v) is 46.2. The van der Waals surface area contributed by atoms with Gasteiger partial charge in [-0.15, -0.1) is 22.7 Å². The summed E-state index contributed by atoms with van der Waals surface area (Å²) in [5.74, 6) is 0. The van der Waals surface area contributed by atoms with Crippen molar-refractivity contribution >= 4 is 136 Å². The Morgan fingerprint density at radius 2 is 1.07 bits per heavy atom. The summed E-state index contributed by atoms with van der Waals surface area (Å²) in [5.41, 5.74) is 21.2. The van der Waals surface area contributed by atoms with Gasteiger partial charge in [0.2, 0.25) is 0 Å². The van der Waals surface area contributed by atoms with E-state index in [-0.39, 0.29) is 33.9 Å². The SMILES string of the molecule is CC(C)(C)c1ccc(N2B3c4cc5c(cc4-n4c6cc7c(cc6c6c8oc9ccccc9c8c(c3c64)-c3cc4c(cc32)sc2cc3c(cc24)C(C)(C)CCC3(C)C)C(C)(C)CCC7(C)C)sc2ccccc25)cc1. The van der Waals surface area contributed by atoms with E-state index in [2.05, 4.69) is 207 Å². The van der Waals surface area contributed by atoms with Gasteiger partial charge in [0.05, 0.1) is 16.4 Å². The van der Waals surface area contributed by atoms with E-state index in [9.17, 15) is 0 Å². The molecule has 74 heavy (non-hydrogen) atoms. The molecule has 8 aromatic carbocycles. The van der Waals surface area contributed by atoms with Crippen LogP contribution in [0.4, 0.5) is 11.4 Å². The van der Waals surface area contributed by atoms with Crippen LogP contribution in [-0.4, -0.2) is 11.4 Å². The van der Waals surface area contributed by atoms with E-state index in [1.54, 1.807) is 0 Å². The zero-order chi connectivity index (χ0) is 50.5. The molecule has 0 spiro atoms. The molecule has 4 aliphatic rings. The molecule has 12 aromatic rings. The predicted molar refractivity (Wildman–Crippen MR) is 322 cm³/mol. The Balaban J connectivity index is 1.13. The van der Waals surface area contributed by atoms with Gasteiger partial charge >= 0.3 is 6.85 Å². The first-order chi connectivity index (χ1) is 35.3. The molecule has 4 aromatic heterocycles. The lowest BCUT2D eigenvalue weighted by Gasteiger charge is -2.42. The van der Waals surface area contributed by atoms with E-state index in [1.807, 2.05) is 22.7 Å². The molecule has 3 nitrogen and oxygen atoms in total. The Kier molecular flexibility index (Phi) is 8.28. The highest BCUT2D eigenvalue weighted by Gasteiger charge is 2.48. The van der Waals surface area contributed by atoms with Crippen molar-refractivity contribution in [1.29, 1.82) is 0 Å². The Bertz CT molecular complexity index is 4540. The molecule has 0 amide bonds. The van der Waals surface area contributed by atoms with Crippen LogP contribution in [0.25, 0.3) is 101 Å². The highest BCUT2D eigenvalue weighted by atomic mass is 32.1. The Hall–Kier alpha value is -6.34. The summed E-state index contributed by atoms with van der Waals surface area (Å²) in [7, 11) is 0. The van der Waals surface area contributed by atoms with Gasteiger partial charge in [-0.1, -0.05) is 131 Å². The first kappa shape index (κ1) is 44.0. The van der Waals surface area contributed by atoms with Gasteiger partial charge in [-0.3, -0.25) is 0 Å². The van der Waals surface area contributed by atoms with Crippen LogP contribution in [0.3, 0.4) is 0 Å². The van der Waals surface area contributed by atoms with Crippen molar-refractivity contribution in [3.8, 4) is 16.8 Å². The minimum atomic E-state index is -0.142. The van der Waals surface area contributed by atoms with Gasteiger partial charge in [-0.05, 0) is 164 Å². The number of para-hydroxylation sites is 1. The molecule has 0 bridgehead atoms. The quantitative estimate of drug-likeness (QED) is 0.153. The van der Waals surface area contributed by atoms with E-state index >= 15 is 0 Å². The Morgan fingerprint density at radius 3 is 1.76 bits per heavy atom. The molecular formula is C68H61BN2OS2. The molecule has 0 saturated heterocycles. The molecule has 0 N–H and O–H groups in total. The van der Waals surface area contributed by atoms with E-state index in [1.165, 1.54) is 153 Å². The maximum Gasteiger partial charge on any atom is 0.333 e. The average molecular weight is 997 g/mol. The molecule has 0 saturated carbocycles. The Morgan fingerprint density at radius 1 is 0.514 bits per heavy atom. The van der Waals surface area contributed by atoms with Gasteiger partial charge in [-0.2, -0.15) is 0 Å². The van der Waals surface area contributed by atoms with Gasteiger partial charge < -0.3 is 13.8 Å². The highest BCUT2D eigenvalue weighted by Crippen LogP contribution is 2.57. The van der Waals surface area contributed by atoms with Gasteiger partial charge in [0.1, 0.15) is 11.2 Å². The summed E-state index contributed by atoms with van der Waals surface area (Å²) in [6, 6.07) is 48.4. The van der Waals surface area contributed by atoms with Crippen molar-refractivity contribution in [1.82, 2.24) is 4.57 Å². The van der Waals surface area contributed by atoms with Gasteiger partial charge in [0.15, 0.2) is 0 Å². The van der Waals surface area contributed by atoms with Gasteiger partial charge in [-0.25, -0.2) is 0 Å². The van der Waals surface area contributed by atoms with Crippen LogP contribution < -0.4 is 15.7 Å². The fourth-order valence-corrected chi connectivity index (χ4v) is 17.0. The third-order valence-corrected chi connectivity index (χ3v) is 21.5. The van der Waals surface area contributed by atoms with Crippen molar-refractivity contribution < 1.29 is 4.42 Å². The maximum absolute atomic E-state index is 7.44. The Labute approximate surface area is 441 Å². The molecule has 364 valence electrons. The lowest BCUT2D eigenvalue weighted by atomic mass is 9.43. The molecule has 6 heterocycles. The van der Waals surface area contributed by atoms with E-state index < -0.39 is 0 Å². The first-order valence-electron chi connectivity index (χ1n) is 27.2. The maximum atomic E-state index is 7.44. The number of hydrogen-bond donors (Lipinski definition) is 0. The van der Waals surface area contributed by atoms with E-state index in [0.717, 1.165) is 24.0 Å². The molecule has 6 heteroatoms. The number of fused-ring (bicyclic) bond motifs is 21. The minimum Gasteiger partial charge on any atom is -0.455 e. The number of aromatic nitrogens is 1. The van der Waals surface area contributed by atoms with Crippen molar-refractivity contribution in [3.05, 3.63) is 149 Å². The number of thiophene rings is 2. The second-order valence-electron chi connectivity index (χ2n) is 26.5. The number of furan rings is 1. The number of nitrogens with zero attached hydrogens (tertiary/aromatic N) is 2. The topological polar surface area (TPSA) is 21.3 Å². The predicted octanol–water partition coefficient (Wildman–Crippen LogP) is 18.7.